The minimum Gasteiger partial charge on any atom is -0.397 e. The number of hydrogen-bond donors (Lipinski definition) is 2. The third-order valence-electron chi connectivity index (χ3n) is 2.45. The summed E-state index contributed by atoms with van der Waals surface area (Å²) in [6.45, 7) is 0.565. The summed E-state index contributed by atoms with van der Waals surface area (Å²) in [6.07, 6.45) is 3.44. The lowest BCUT2D eigenvalue weighted by atomic mass is 10.2. The highest BCUT2D eigenvalue weighted by Gasteiger charge is 2.08. The minimum absolute atomic E-state index is 0.0144. The molecule has 0 bridgehead atoms. The number of nitrogens with two attached hydrogens (primary N) is 1. The molecule has 0 aliphatic rings. The molecule has 0 amide bonds. The van der Waals surface area contributed by atoms with Crippen LogP contribution in [0.25, 0.3) is 0 Å². The van der Waals surface area contributed by atoms with Gasteiger partial charge in [0.25, 0.3) is 5.69 Å². The number of non-ortho nitro benzene ring substituents is 1. The van der Waals surface area contributed by atoms with Crippen molar-refractivity contribution in [2.24, 2.45) is 0 Å². The molecular formula is C12H12N4O2. The first-order valence-electron chi connectivity index (χ1n) is 5.33. The number of nitrogen functional groups attached to an aromatic ring is 1. The van der Waals surface area contributed by atoms with Crippen LogP contribution in [0.15, 0.2) is 42.7 Å². The zero-order chi connectivity index (χ0) is 13.0. The molecule has 0 unspecified atom stereocenters. The van der Waals surface area contributed by atoms with Gasteiger partial charge < -0.3 is 11.1 Å². The third-order valence-corrected chi connectivity index (χ3v) is 2.45. The summed E-state index contributed by atoms with van der Waals surface area (Å²) in [5.74, 6) is 0. The SMILES string of the molecule is Nc1cc([N+](=O)[O-])ccc1NCc1cccnc1. The number of anilines is 2. The van der Waals surface area contributed by atoms with Crippen molar-refractivity contribution in [2.45, 2.75) is 6.54 Å². The Hall–Kier alpha value is -2.63. The van der Waals surface area contributed by atoms with E-state index < -0.39 is 4.92 Å². The van der Waals surface area contributed by atoms with Gasteiger partial charge in [0.05, 0.1) is 16.3 Å². The van der Waals surface area contributed by atoms with Crippen molar-refractivity contribution in [3.63, 3.8) is 0 Å². The minimum atomic E-state index is -0.471. The zero-order valence-corrected chi connectivity index (χ0v) is 9.54. The van der Waals surface area contributed by atoms with Crippen molar-refractivity contribution in [3.05, 3.63) is 58.4 Å². The van der Waals surface area contributed by atoms with Crippen molar-refractivity contribution in [3.8, 4) is 0 Å². The maximum absolute atomic E-state index is 10.6. The Morgan fingerprint density at radius 3 is 2.83 bits per heavy atom. The molecular weight excluding hydrogens is 232 g/mol. The molecule has 0 atom stereocenters. The number of nitrogens with one attached hydrogen (secondary N) is 1. The number of nitro benzene ring substituents is 1. The van der Waals surface area contributed by atoms with Gasteiger partial charge in [0.1, 0.15) is 0 Å². The number of hydrogen-bond acceptors (Lipinski definition) is 5. The van der Waals surface area contributed by atoms with E-state index in [0.717, 1.165) is 5.56 Å². The second-order valence-corrected chi connectivity index (χ2v) is 3.74. The fraction of sp³-hybridized carbons (Fsp3) is 0.0833. The van der Waals surface area contributed by atoms with Crippen molar-refractivity contribution in [1.82, 2.24) is 4.98 Å². The van der Waals surface area contributed by atoms with E-state index in [9.17, 15) is 10.1 Å². The van der Waals surface area contributed by atoms with Gasteiger partial charge in [0.15, 0.2) is 0 Å². The molecule has 92 valence electrons. The van der Waals surface area contributed by atoms with Gasteiger partial charge in [0.2, 0.25) is 0 Å². The highest BCUT2D eigenvalue weighted by molar-refractivity contribution is 5.69. The van der Waals surface area contributed by atoms with E-state index in [0.29, 0.717) is 17.9 Å². The van der Waals surface area contributed by atoms with Gasteiger partial charge in [-0.2, -0.15) is 0 Å². The van der Waals surface area contributed by atoms with Crippen molar-refractivity contribution < 1.29 is 4.92 Å². The molecule has 0 spiro atoms. The van der Waals surface area contributed by atoms with E-state index in [-0.39, 0.29) is 5.69 Å². The molecule has 0 saturated carbocycles. The molecule has 6 heteroatoms. The van der Waals surface area contributed by atoms with E-state index >= 15 is 0 Å². The highest BCUT2D eigenvalue weighted by Crippen LogP contribution is 2.24. The van der Waals surface area contributed by atoms with Crippen LogP contribution in [0.3, 0.4) is 0 Å². The van der Waals surface area contributed by atoms with E-state index in [1.54, 1.807) is 18.5 Å². The Morgan fingerprint density at radius 2 is 2.22 bits per heavy atom. The lowest BCUT2D eigenvalue weighted by Gasteiger charge is -2.08. The second-order valence-electron chi connectivity index (χ2n) is 3.74. The second kappa shape index (κ2) is 5.13. The molecule has 0 radical (unpaired) electrons. The first kappa shape index (κ1) is 11.8. The normalized spacial score (nSPS) is 10.0. The maximum Gasteiger partial charge on any atom is 0.271 e. The van der Waals surface area contributed by atoms with Crippen LogP contribution in [0.1, 0.15) is 5.56 Å². The predicted octanol–water partition coefficient (Wildman–Crippen LogP) is 2.18. The van der Waals surface area contributed by atoms with Crippen LogP contribution in [0.4, 0.5) is 17.1 Å². The lowest BCUT2D eigenvalue weighted by molar-refractivity contribution is -0.384. The molecule has 0 saturated heterocycles. The van der Waals surface area contributed by atoms with E-state index in [4.69, 9.17) is 5.73 Å². The number of nitro groups is 1. The highest BCUT2D eigenvalue weighted by atomic mass is 16.6. The summed E-state index contributed by atoms with van der Waals surface area (Å²) < 4.78 is 0. The summed E-state index contributed by atoms with van der Waals surface area (Å²) in [6, 6.07) is 8.13. The van der Waals surface area contributed by atoms with E-state index in [1.807, 2.05) is 12.1 Å². The standard InChI is InChI=1S/C12H12N4O2/c13-11-6-10(16(17)18)3-4-12(11)15-8-9-2-1-5-14-7-9/h1-7,15H,8,13H2. The Bertz CT molecular complexity index is 557. The molecule has 6 nitrogen and oxygen atoms in total. The van der Waals surface area contributed by atoms with Crippen molar-refractivity contribution in [2.75, 3.05) is 11.1 Å². The zero-order valence-electron chi connectivity index (χ0n) is 9.54. The van der Waals surface area contributed by atoms with Gasteiger partial charge in [-0.05, 0) is 17.7 Å². The molecule has 18 heavy (non-hydrogen) atoms. The van der Waals surface area contributed by atoms with Crippen LogP contribution in [-0.2, 0) is 6.54 Å². The molecule has 1 aromatic heterocycles. The molecule has 2 aromatic rings. The summed E-state index contributed by atoms with van der Waals surface area (Å²) >= 11 is 0. The van der Waals surface area contributed by atoms with Crippen molar-refractivity contribution >= 4 is 17.1 Å². The molecule has 2 rings (SSSR count). The van der Waals surface area contributed by atoms with Gasteiger partial charge in [-0.25, -0.2) is 0 Å². The van der Waals surface area contributed by atoms with E-state index in [1.165, 1.54) is 12.1 Å². The number of benzene rings is 1. The summed E-state index contributed by atoms with van der Waals surface area (Å²) in [4.78, 5) is 14.1. The first-order chi connectivity index (χ1) is 8.66. The molecule has 0 aliphatic heterocycles. The topological polar surface area (TPSA) is 94.1 Å². The molecule has 0 aliphatic carbocycles. The first-order valence-corrected chi connectivity index (χ1v) is 5.33. The monoisotopic (exact) mass is 244 g/mol. The fourth-order valence-electron chi connectivity index (χ4n) is 1.52. The van der Waals surface area contributed by atoms with E-state index in [2.05, 4.69) is 10.3 Å². The quantitative estimate of drug-likeness (QED) is 0.488. The van der Waals surface area contributed by atoms with Crippen LogP contribution >= 0.6 is 0 Å². The summed E-state index contributed by atoms with van der Waals surface area (Å²) in [7, 11) is 0. The number of nitrogens with zero attached hydrogens (tertiary/aromatic N) is 2. The Kier molecular flexibility index (Phi) is 3.38. The van der Waals surface area contributed by atoms with Crippen LogP contribution in [0, 0.1) is 10.1 Å². The maximum atomic E-state index is 10.6. The van der Waals surface area contributed by atoms with Crippen LogP contribution in [0.5, 0.6) is 0 Å². The lowest BCUT2D eigenvalue weighted by Crippen LogP contribution is -2.03. The van der Waals surface area contributed by atoms with Gasteiger partial charge >= 0.3 is 0 Å². The van der Waals surface area contributed by atoms with Crippen LogP contribution in [0.2, 0.25) is 0 Å². The van der Waals surface area contributed by atoms with Crippen LogP contribution in [-0.4, -0.2) is 9.91 Å². The number of aromatic nitrogens is 1. The Balaban J connectivity index is 2.08. The smallest absolute Gasteiger partial charge is 0.271 e. The summed E-state index contributed by atoms with van der Waals surface area (Å²) in [5.41, 5.74) is 7.76. The Labute approximate surface area is 104 Å². The average molecular weight is 244 g/mol. The average Bonchev–Trinajstić information content (AvgIpc) is 2.38. The van der Waals surface area contributed by atoms with Gasteiger partial charge in [0, 0.05) is 31.1 Å². The van der Waals surface area contributed by atoms with Gasteiger partial charge in [-0.1, -0.05) is 6.07 Å². The largest absolute Gasteiger partial charge is 0.397 e. The predicted molar refractivity (Wildman–Crippen MR) is 69.1 cm³/mol. The fourth-order valence-corrected chi connectivity index (χ4v) is 1.52. The van der Waals surface area contributed by atoms with Gasteiger partial charge in [-0.3, -0.25) is 15.1 Å². The molecule has 0 fully saturated rings. The van der Waals surface area contributed by atoms with Crippen molar-refractivity contribution in [1.29, 1.82) is 0 Å². The number of pyridine rings is 1. The summed E-state index contributed by atoms with van der Waals surface area (Å²) in [5, 5.41) is 13.7. The number of rotatable bonds is 4. The third kappa shape index (κ3) is 2.73. The van der Waals surface area contributed by atoms with Crippen LogP contribution < -0.4 is 11.1 Å². The molecule has 3 N–H and O–H groups in total. The molecule has 1 heterocycles. The molecule has 1 aromatic carbocycles. The van der Waals surface area contributed by atoms with Gasteiger partial charge in [-0.15, -0.1) is 0 Å². The Morgan fingerprint density at radius 1 is 1.39 bits per heavy atom.